The van der Waals surface area contributed by atoms with Gasteiger partial charge >= 0.3 is 5.97 Å². The standard InChI is InChI=1S/C30H49NO2/c1-5-28(2)17-14-25-24(21-28)12-13-26-29(3,15-9-16-30(25,26)4)22-33-27(32)20-23-10-6-7-18-31-19-8-11-23/h5,14,23-24,26,31H,1,6-13,15-22H2,2-4H3/t23?,24?,26?,28-,29-,30-/m0/s1. The Bertz CT molecular complexity index is 734. The molecule has 0 spiro atoms. The Labute approximate surface area is 203 Å². The van der Waals surface area contributed by atoms with Crippen LogP contribution in [0.3, 0.4) is 0 Å². The van der Waals surface area contributed by atoms with E-state index in [1.165, 1.54) is 64.2 Å². The Hall–Kier alpha value is -1.09. The number of esters is 1. The summed E-state index contributed by atoms with van der Waals surface area (Å²) in [6.45, 7) is 14.3. The molecule has 0 bridgehead atoms. The Balaban J connectivity index is 1.39. The molecule has 3 aliphatic carbocycles. The van der Waals surface area contributed by atoms with Crippen molar-refractivity contribution >= 4 is 5.97 Å². The maximum atomic E-state index is 12.9. The fraction of sp³-hybridized carbons (Fsp3) is 0.833. The van der Waals surface area contributed by atoms with Crippen LogP contribution in [0.15, 0.2) is 24.3 Å². The highest BCUT2D eigenvalue weighted by Crippen LogP contribution is 2.63. The van der Waals surface area contributed by atoms with Gasteiger partial charge in [0.15, 0.2) is 0 Å². The zero-order valence-electron chi connectivity index (χ0n) is 21.7. The summed E-state index contributed by atoms with van der Waals surface area (Å²) in [5.74, 6) is 1.89. The molecule has 3 nitrogen and oxygen atoms in total. The van der Waals surface area contributed by atoms with E-state index in [-0.39, 0.29) is 22.2 Å². The SMILES string of the molecule is C=C[C@@]1(C)CC=C2C(CCC3[C@](C)(COC(=O)CC4CCCCNCCC4)CCC[C@@]23C)C1. The van der Waals surface area contributed by atoms with Gasteiger partial charge in [-0.1, -0.05) is 51.3 Å². The summed E-state index contributed by atoms with van der Waals surface area (Å²) in [6, 6.07) is 0. The maximum absolute atomic E-state index is 12.9. The van der Waals surface area contributed by atoms with Crippen molar-refractivity contribution in [1.82, 2.24) is 5.32 Å². The van der Waals surface area contributed by atoms with Gasteiger partial charge < -0.3 is 10.1 Å². The molecular formula is C30H49NO2. The molecule has 33 heavy (non-hydrogen) atoms. The first-order chi connectivity index (χ1) is 15.8. The molecule has 3 fully saturated rings. The van der Waals surface area contributed by atoms with E-state index in [1.54, 1.807) is 5.57 Å². The minimum Gasteiger partial charge on any atom is -0.465 e. The van der Waals surface area contributed by atoms with Crippen LogP contribution in [0, 0.1) is 34.0 Å². The average molecular weight is 456 g/mol. The number of hydrogen-bond acceptors (Lipinski definition) is 3. The van der Waals surface area contributed by atoms with Gasteiger partial charge in [0.1, 0.15) is 0 Å². The summed E-state index contributed by atoms with van der Waals surface area (Å²) in [7, 11) is 0. The number of allylic oxidation sites excluding steroid dienone is 3. The van der Waals surface area contributed by atoms with Gasteiger partial charge in [0.05, 0.1) is 6.61 Å². The summed E-state index contributed by atoms with van der Waals surface area (Å²) in [6.07, 6.45) is 20.0. The molecule has 0 aromatic rings. The van der Waals surface area contributed by atoms with Crippen LogP contribution in [0.5, 0.6) is 0 Å². The van der Waals surface area contributed by atoms with E-state index in [1.807, 2.05) is 0 Å². The Morgan fingerprint density at radius 2 is 1.88 bits per heavy atom. The minimum atomic E-state index is 0.0491. The van der Waals surface area contributed by atoms with Crippen molar-refractivity contribution in [3.8, 4) is 0 Å². The molecule has 1 aliphatic heterocycles. The third-order valence-corrected chi connectivity index (χ3v) is 10.2. The molecule has 2 saturated carbocycles. The Kier molecular flexibility index (Phi) is 7.78. The van der Waals surface area contributed by atoms with Crippen LogP contribution in [0.1, 0.15) is 104 Å². The highest BCUT2D eigenvalue weighted by Gasteiger charge is 2.55. The zero-order chi connectivity index (χ0) is 23.5. The van der Waals surface area contributed by atoms with Gasteiger partial charge in [-0.05, 0) is 106 Å². The summed E-state index contributed by atoms with van der Waals surface area (Å²) in [5.41, 5.74) is 2.37. The molecule has 186 valence electrons. The zero-order valence-corrected chi connectivity index (χ0v) is 21.7. The number of carbonyl (C=O) groups is 1. The van der Waals surface area contributed by atoms with E-state index in [0.29, 0.717) is 30.8 Å². The molecule has 3 heteroatoms. The largest absolute Gasteiger partial charge is 0.465 e. The second-order valence-electron chi connectivity index (χ2n) is 12.8. The van der Waals surface area contributed by atoms with Crippen LogP contribution in [-0.2, 0) is 9.53 Å². The lowest BCUT2D eigenvalue weighted by molar-refractivity contribution is -0.154. The smallest absolute Gasteiger partial charge is 0.306 e. The number of ether oxygens (including phenoxy) is 1. The van der Waals surface area contributed by atoms with Gasteiger partial charge in [-0.25, -0.2) is 0 Å². The number of hydrogen-bond donors (Lipinski definition) is 1. The third kappa shape index (κ3) is 5.44. The first kappa shape index (κ1) is 25.0. The van der Waals surface area contributed by atoms with E-state index in [2.05, 4.69) is 44.8 Å². The highest BCUT2D eigenvalue weighted by atomic mass is 16.5. The van der Waals surface area contributed by atoms with Gasteiger partial charge in [-0.3, -0.25) is 4.79 Å². The van der Waals surface area contributed by atoms with E-state index >= 15 is 0 Å². The van der Waals surface area contributed by atoms with Gasteiger partial charge in [-0.2, -0.15) is 0 Å². The van der Waals surface area contributed by atoms with Gasteiger partial charge in [-0.15, -0.1) is 6.58 Å². The van der Waals surface area contributed by atoms with E-state index in [4.69, 9.17) is 4.74 Å². The molecule has 0 radical (unpaired) electrons. The van der Waals surface area contributed by atoms with Crippen LogP contribution in [-0.4, -0.2) is 25.7 Å². The molecule has 1 saturated heterocycles. The molecular weight excluding hydrogens is 406 g/mol. The molecule has 1 N–H and O–H groups in total. The second-order valence-corrected chi connectivity index (χ2v) is 12.8. The number of fused-ring (bicyclic) bond motifs is 3. The first-order valence-corrected chi connectivity index (χ1v) is 14.0. The van der Waals surface area contributed by atoms with Crippen LogP contribution in [0.25, 0.3) is 0 Å². The van der Waals surface area contributed by atoms with Crippen molar-refractivity contribution in [3.05, 3.63) is 24.3 Å². The first-order valence-electron chi connectivity index (χ1n) is 14.0. The van der Waals surface area contributed by atoms with Crippen molar-refractivity contribution < 1.29 is 9.53 Å². The lowest BCUT2D eigenvalue weighted by Crippen LogP contribution is -2.51. The van der Waals surface area contributed by atoms with Crippen LogP contribution >= 0.6 is 0 Å². The number of nitrogens with one attached hydrogen (secondary N) is 1. The molecule has 1 heterocycles. The maximum Gasteiger partial charge on any atom is 0.306 e. The fourth-order valence-electron chi connectivity index (χ4n) is 8.13. The normalized spacial score (nSPS) is 41.9. The highest BCUT2D eigenvalue weighted by molar-refractivity contribution is 5.69. The van der Waals surface area contributed by atoms with Crippen LogP contribution in [0.2, 0.25) is 0 Å². The van der Waals surface area contributed by atoms with Crippen molar-refractivity contribution in [2.45, 2.75) is 104 Å². The monoisotopic (exact) mass is 455 g/mol. The van der Waals surface area contributed by atoms with Crippen molar-refractivity contribution in [1.29, 1.82) is 0 Å². The van der Waals surface area contributed by atoms with E-state index in [9.17, 15) is 4.79 Å². The van der Waals surface area contributed by atoms with Crippen molar-refractivity contribution in [2.75, 3.05) is 19.7 Å². The summed E-state index contributed by atoms with van der Waals surface area (Å²) in [5, 5.41) is 3.51. The molecule has 4 rings (SSSR count). The van der Waals surface area contributed by atoms with Gasteiger partial charge in [0.2, 0.25) is 0 Å². The third-order valence-electron chi connectivity index (χ3n) is 10.2. The van der Waals surface area contributed by atoms with Crippen molar-refractivity contribution in [2.24, 2.45) is 34.0 Å². The molecule has 0 aromatic heterocycles. The predicted octanol–water partition coefficient (Wildman–Crippen LogP) is 7.22. The van der Waals surface area contributed by atoms with E-state index < -0.39 is 0 Å². The summed E-state index contributed by atoms with van der Waals surface area (Å²) in [4.78, 5) is 12.9. The Morgan fingerprint density at radius 3 is 2.70 bits per heavy atom. The fourth-order valence-corrected chi connectivity index (χ4v) is 8.13. The minimum absolute atomic E-state index is 0.0491. The molecule has 3 unspecified atom stereocenters. The molecule has 0 aromatic carbocycles. The van der Waals surface area contributed by atoms with Crippen LogP contribution < -0.4 is 5.32 Å². The van der Waals surface area contributed by atoms with Crippen molar-refractivity contribution in [3.63, 3.8) is 0 Å². The lowest BCUT2D eigenvalue weighted by Gasteiger charge is -2.59. The quantitative estimate of drug-likeness (QED) is 0.351. The average Bonchev–Trinajstić information content (AvgIpc) is 2.91. The molecule has 6 atom stereocenters. The van der Waals surface area contributed by atoms with E-state index in [0.717, 1.165) is 25.9 Å². The summed E-state index contributed by atoms with van der Waals surface area (Å²) >= 11 is 0. The molecule has 0 amide bonds. The number of carbonyl (C=O) groups excluding carboxylic acids is 1. The lowest BCUT2D eigenvalue weighted by atomic mass is 9.46. The van der Waals surface area contributed by atoms with Crippen LogP contribution in [0.4, 0.5) is 0 Å². The molecule has 4 aliphatic rings. The van der Waals surface area contributed by atoms with Gasteiger partial charge in [0.25, 0.3) is 0 Å². The van der Waals surface area contributed by atoms with Gasteiger partial charge in [0, 0.05) is 11.8 Å². The topological polar surface area (TPSA) is 38.3 Å². The predicted molar refractivity (Wildman–Crippen MR) is 137 cm³/mol. The Morgan fingerprint density at radius 1 is 1.09 bits per heavy atom. The number of rotatable bonds is 5. The second kappa shape index (κ2) is 10.3. The summed E-state index contributed by atoms with van der Waals surface area (Å²) < 4.78 is 6.08.